The molecule has 4 nitrogen and oxygen atoms in total. The summed E-state index contributed by atoms with van der Waals surface area (Å²) in [6.45, 7) is 4.13. The van der Waals surface area contributed by atoms with Crippen molar-refractivity contribution >= 4 is 45.4 Å². The maximum atomic E-state index is 13.1. The van der Waals surface area contributed by atoms with E-state index in [4.69, 9.17) is 0 Å². The molecule has 1 aliphatic rings. The number of amidine groups is 1. The highest BCUT2D eigenvalue weighted by Gasteiger charge is 2.24. The molecule has 5 rings (SSSR count). The summed E-state index contributed by atoms with van der Waals surface area (Å²) in [7, 11) is 0. The molecule has 1 amide bonds. The van der Waals surface area contributed by atoms with Gasteiger partial charge in [-0.25, -0.2) is 9.38 Å². The van der Waals surface area contributed by atoms with Crippen molar-refractivity contribution < 1.29 is 9.18 Å². The molecule has 6 heteroatoms. The SMILES string of the molecule is Cc1cc(/C=C2/SC(=Nc3ccc(F)cc3)NC2=O)c(C)n1-c1cccc2ccccc12. The molecule has 4 aromatic rings. The topological polar surface area (TPSA) is 46.4 Å². The van der Waals surface area contributed by atoms with Gasteiger partial charge >= 0.3 is 0 Å². The van der Waals surface area contributed by atoms with Crippen LogP contribution in [0, 0.1) is 19.7 Å². The van der Waals surface area contributed by atoms with Crippen LogP contribution in [0.3, 0.4) is 0 Å². The van der Waals surface area contributed by atoms with Crippen LogP contribution in [0.1, 0.15) is 17.0 Å². The largest absolute Gasteiger partial charge is 0.317 e. The molecule has 0 atom stereocenters. The van der Waals surface area contributed by atoms with Crippen LogP contribution in [-0.4, -0.2) is 15.6 Å². The van der Waals surface area contributed by atoms with Gasteiger partial charge in [-0.1, -0.05) is 36.4 Å². The lowest BCUT2D eigenvalue weighted by molar-refractivity contribution is -0.115. The molecule has 1 saturated heterocycles. The van der Waals surface area contributed by atoms with Crippen LogP contribution >= 0.6 is 11.8 Å². The number of hydrogen-bond acceptors (Lipinski definition) is 3. The van der Waals surface area contributed by atoms with Crippen molar-refractivity contribution in [3.05, 3.63) is 100 Å². The van der Waals surface area contributed by atoms with Crippen LogP contribution in [0.4, 0.5) is 10.1 Å². The molecule has 1 fully saturated rings. The molecular formula is C26H20FN3OS. The van der Waals surface area contributed by atoms with E-state index in [0.717, 1.165) is 22.6 Å². The summed E-state index contributed by atoms with van der Waals surface area (Å²) in [6, 6.07) is 22.5. The molecule has 3 aromatic carbocycles. The Labute approximate surface area is 189 Å². The Hall–Kier alpha value is -3.64. The van der Waals surface area contributed by atoms with Gasteiger partial charge in [0.15, 0.2) is 5.17 Å². The Kier molecular flexibility index (Phi) is 5.15. The molecule has 1 aliphatic heterocycles. The Bertz CT molecular complexity index is 1410. The number of nitrogens with zero attached hydrogens (tertiary/aromatic N) is 2. The Balaban J connectivity index is 1.50. The fraction of sp³-hybridized carbons (Fsp3) is 0.0769. The molecule has 0 unspecified atom stereocenters. The number of thioether (sulfide) groups is 1. The standard InChI is InChI=1S/C26H20FN3OS/c1-16-14-19(17(2)30(16)23-9-5-7-18-6-3-4-8-22(18)23)15-24-25(31)29-26(32-24)28-21-12-10-20(27)11-13-21/h3-15H,1-2H3,(H,28,29,31)/b24-15+. The zero-order valence-corrected chi connectivity index (χ0v) is 18.4. The summed E-state index contributed by atoms with van der Waals surface area (Å²) in [5.41, 5.74) is 4.84. The number of nitrogens with one attached hydrogen (secondary N) is 1. The first-order valence-corrected chi connectivity index (χ1v) is 11.0. The minimum absolute atomic E-state index is 0.189. The third kappa shape index (κ3) is 3.74. The molecule has 2 heterocycles. The number of rotatable bonds is 3. The molecule has 0 bridgehead atoms. The van der Waals surface area contributed by atoms with Crippen molar-refractivity contribution in [3.8, 4) is 5.69 Å². The van der Waals surface area contributed by atoms with E-state index in [0.29, 0.717) is 15.8 Å². The Morgan fingerprint density at radius 3 is 2.56 bits per heavy atom. The summed E-state index contributed by atoms with van der Waals surface area (Å²) < 4.78 is 15.3. The van der Waals surface area contributed by atoms with Crippen molar-refractivity contribution in [1.82, 2.24) is 9.88 Å². The highest BCUT2D eigenvalue weighted by atomic mass is 32.2. The van der Waals surface area contributed by atoms with Gasteiger partial charge in [0.1, 0.15) is 5.82 Å². The summed E-state index contributed by atoms with van der Waals surface area (Å²) in [4.78, 5) is 17.5. The smallest absolute Gasteiger partial charge is 0.264 e. The molecule has 0 spiro atoms. The molecule has 0 radical (unpaired) electrons. The lowest BCUT2D eigenvalue weighted by Crippen LogP contribution is -2.19. The second kappa shape index (κ2) is 8.13. The van der Waals surface area contributed by atoms with Crippen molar-refractivity contribution in [3.63, 3.8) is 0 Å². The predicted octanol–water partition coefficient (Wildman–Crippen LogP) is 6.28. The Morgan fingerprint density at radius 1 is 1.00 bits per heavy atom. The van der Waals surface area contributed by atoms with Crippen LogP contribution in [0.5, 0.6) is 0 Å². The van der Waals surface area contributed by atoms with Crippen molar-refractivity contribution in [2.45, 2.75) is 13.8 Å². The quantitative estimate of drug-likeness (QED) is 0.381. The molecule has 0 saturated carbocycles. The van der Waals surface area contributed by atoms with Crippen LogP contribution in [-0.2, 0) is 4.79 Å². The fourth-order valence-corrected chi connectivity index (χ4v) is 4.80. The van der Waals surface area contributed by atoms with Gasteiger partial charge in [-0.05, 0) is 79.0 Å². The maximum Gasteiger partial charge on any atom is 0.264 e. The van der Waals surface area contributed by atoms with Crippen molar-refractivity contribution in [2.24, 2.45) is 4.99 Å². The van der Waals surface area contributed by atoms with E-state index in [1.54, 1.807) is 12.1 Å². The summed E-state index contributed by atoms with van der Waals surface area (Å²) >= 11 is 1.28. The molecule has 1 N–H and O–H groups in total. The van der Waals surface area contributed by atoms with Gasteiger partial charge in [-0.2, -0.15) is 0 Å². The number of carbonyl (C=O) groups excluding carboxylic acids is 1. The normalized spacial score (nSPS) is 16.3. The second-order valence-electron chi connectivity index (χ2n) is 7.62. The highest BCUT2D eigenvalue weighted by molar-refractivity contribution is 8.18. The zero-order chi connectivity index (χ0) is 22.2. The fourth-order valence-electron chi connectivity index (χ4n) is 3.96. The summed E-state index contributed by atoms with van der Waals surface area (Å²) in [5, 5.41) is 5.63. The van der Waals surface area contributed by atoms with Gasteiger partial charge in [0.2, 0.25) is 0 Å². The molecule has 32 heavy (non-hydrogen) atoms. The summed E-state index contributed by atoms with van der Waals surface area (Å²) in [6.07, 6.45) is 1.90. The monoisotopic (exact) mass is 441 g/mol. The van der Waals surface area contributed by atoms with Gasteiger partial charge < -0.3 is 9.88 Å². The molecular weight excluding hydrogens is 421 g/mol. The third-order valence-corrected chi connectivity index (χ3v) is 6.38. The number of aliphatic imine (C=N–C) groups is 1. The molecule has 158 valence electrons. The van der Waals surface area contributed by atoms with Gasteiger partial charge in [-0.3, -0.25) is 4.79 Å². The van der Waals surface area contributed by atoms with Gasteiger partial charge in [0.05, 0.1) is 16.3 Å². The first-order valence-electron chi connectivity index (χ1n) is 10.2. The first-order chi connectivity index (χ1) is 15.5. The van der Waals surface area contributed by atoms with Crippen LogP contribution in [0.15, 0.2) is 82.7 Å². The van der Waals surface area contributed by atoms with E-state index in [9.17, 15) is 9.18 Å². The average Bonchev–Trinajstić information content (AvgIpc) is 3.27. The third-order valence-electron chi connectivity index (χ3n) is 5.47. The number of amides is 1. The number of benzene rings is 3. The first kappa shape index (κ1) is 20.3. The average molecular weight is 442 g/mol. The van der Waals surface area contributed by atoms with E-state index < -0.39 is 0 Å². The molecule has 0 aliphatic carbocycles. The second-order valence-corrected chi connectivity index (χ2v) is 8.65. The lowest BCUT2D eigenvalue weighted by Gasteiger charge is -2.13. The number of hydrogen-bond donors (Lipinski definition) is 1. The van der Waals surface area contributed by atoms with E-state index in [-0.39, 0.29) is 11.7 Å². The predicted molar refractivity (Wildman–Crippen MR) is 130 cm³/mol. The van der Waals surface area contributed by atoms with Gasteiger partial charge in [0.25, 0.3) is 5.91 Å². The van der Waals surface area contributed by atoms with E-state index in [1.165, 1.54) is 34.7 Å². The summed E-state index contributed by atoms with van der Waals surface area (Å²) in [5.74, 6) is -0.509. The number of fused-ring (bicyclic) bond motifs is 1. The van der Waals surface area contributed by atoms with E-state index in [1.807, 2.05) is 18.2 Å². The maximum absolute atomic E-state index is 13.1. The number of aryl methyl sites for hydroxylation is 1. The molecule has 1 aromatic heterocycles. The number of aromatic nitrogens is 1. The lowest BCUT2D eigenvalue weighted by atomic mass is 10.1. The van der Waals surface area contributed by atoms with Gasteiger partial charge in [-0.15, -0.1) is 0 Å². The van der Waals surface area contributed by atoms with Crippen LogP contribution in [0.25, 0.3) is 22.5 Å². The van der Waals surface area contributed by atoms with Crippen molar-refractivity contribution in [2.75, 3.05) is 0 Å². The minimum Gasteiger partial charge on any atom is -0.317 e. The van der Waals surface area contributed by atoms with Crippen LogP contribution in [0.2, 0.25) is 0 Å². The van der Waals surface area contributed by atoms with E-state index >= 15 is 0 Å². The minimum atomic E-state index is -0.320. The van der Waals surface area contributed by atoms with Crippen LogP contribution < -0.4 is 5.32 Å². The highest BCUT2D eigenvalue weighted by Crippen LogP contribution is 2.32. The van der Waals surface area contributed by atoms with E-state index in [2.05, 4.69) is 65.1 Å². The zero-order valence-electron chi connectivity index (χ0n) is 17.6. The van der Waals surface area contributed by atoms with Gasteiger partial charge in [0, 0.05) is 16.8 Å². The Morgan fingerprint density at radius 2 is 1.75 bits per heavy atom. The number of carbonyl (C=O) groups is 1. The van der Waals surface area contributed by atoms with Crippen molar-refractivity contribution in [1.29, 1.82) is 0 Å². The number of halogens is 1.